The van der Waals surface area contributed by atoms with Gasteiger partial charge < -0.3 is 4.74 Å². The third-order valence-corrected chi connectivity index (χ3v) is 6.75. The van der Waals surface area contributed by atoms with Crippen LogP contribution in [0, 0.1) is 5.92 Å². The smallest absolute Gasteiger partial charge is 0.193 e. The first-order valence-electron chi connectivity index (χ1n) is 11.7. The van der Waals surface area contributed by atoms with E-state index in [9.17, 15) is 14.4 Å². The van der Waals surface area contributed by atoms with Gasteiger partial charge in [0.2, 0.25) is 0 Å². The fourth-order valence-corrected chi connectivity index (χ4v) is 5.19. The summed E-state index contributed by atoms with van der Waals surface area (Å²) in [6.07, 6.45) is 3.69. The Balaban J connectivity index is 1.74. The van der Waals surface area contributed by atoms with Gasteiger partial charge in [0.05, 0.1) is 5.60 Å². The van der Waals surface area contributed by atoms with E-state index in [1.165, 1.54) is 0 Å². The molecule has 0 spiro atoms. The van der Waals surface area contributed by atoms with E-state index in [4.69, 9.17) is 4.74 Å². The van der Waals surface area contributed by atoms with E-state index in [-0.39, 0.29) is 23.3 Å². The fraction of sp³-hybridized carbons (Fsp3) is 0.345. The predicted octanol–water partition coefficient (Wildman–Crippen LogP) is 6.26. The molecule has 0 fully saturated rings. The van der Waals surface area contributed by atoms with Crippen molar-refractivity contribution in [2.24, 2.45) is 5.92 Å². The number of fused-ring (bicyclic) bond motifs is 2. The van der Waals surface area contributed by atoms with Gasteiger partial charge in [-0.15, -0.1) is 0 Å². The van der Waals surface area contributed by atoms with Gasteiger partial charge in [0.25, 0.3) is 0 Å². The molecule has 33 heavy (non-hydrogen) atoms. The van der Waals surface area contributed by atoms with Crippen LogP contribution in [0.2, 0.25) is 0 Å². The van der Waals surface area contributed by atoms with Crippen molar-refractivity contribution in [3.63, 3.8) is 0 Å². The zero-order valence-electron chi connectivity index (χ0n) is 19.7. The first-order chi connectivity index (χ1) is 15.8. The predicted molar refractivity (Wildman–Crippen MR) is 130 cm³/mol. The topological polar surface area (TPSA) is 60.4 Å². The maximum absolute atomic E-state index is 13.6. The van der Waals surface area contributed by atoms with Crippen molar-refractivity contribution in [3.05, 3.63) is 87.5 Å². The minimum atomic E-state index is -0.906. The summed E-state index contributed by atoms with van der Waals surface area (Å²) in [5.41, 5.74) is 3.58. The molecule has 1 unspecified atom stereocenters. The summed E-state index contributed by atoms with van der Waals surface area (Å²) in [6.45, 7) is 8.03. The number of ketones is 3. The lowest BCUT2D eigenvalue weighted by Crippen LogP contribution is -2.37. The maximum Gasteiger partial charge on any atom is 0.193 e. The van der Waals surface area contributed by atoms with Crippen LogP contribution in [-0.4, -0.2) is 29.6 Å². The molecule has 4 rings (SSSR count). The summed E-state index contributed by atoms with van der Waals surface area (Å²) in [7, 11) is 0. The van der Waals surface area contributed by atoms with Crippen LogP contribution in [0.25, 0.3) is 6.08 Å². The molecule has 2 aromatic rings. The zero-order valence-corrected chi connectivity index (χ0v) is 19.7. The molecule has 0 heterocycles. The summed E-state index contributed by atoms with van der Waals surface area (Å²) in [5, 5.41) is 0. The van der Waals surface area contributed by atoms with Crippen LogP contribution in [0.5, 0.6) is 0 Å². The van der Waals surface area contributed by atoms with E-state index in [0.29, 0.717) is 41.7 Å². The van der Waals surface area contributed by atoms with Crippen molar-refractivity contribution >= 4 is 23.4 Å². The quantitative estimate of drug-likeness (QED) is 0.507. The molecule has 0 saturated carbocycles. The first kappa shape index (κ1) is 23.1. The van der Waals surface area contributed by atoms with Crippen LogP contribution < -0.4 is 0 Å². The second-order valence-corrected chi connectivity index (χ2v) is 9.12. The molecule has 2 aliphatic carbocycles. The third-order valence-electron chi connectivity index (χ3n) is 6.75. The van der Waals surface area contributed by atoms with E-state index >= 15 is 0 Å². The van der Waals surface area contributed by atoms with Gasteiger partial charge in [-0.3, -0.25) is 14.4 Å². The highest BCUT2D eigenvalue weighted by molar-refractivity contribution is 6.27. The van der Waals surface area contributed by atoms with Gasteiger partial charge >= 0.3 is 0 Å². The van der Waals surface area contributed by atoms with Crippen LogP contribution in [0.3, 0.4) is 0 Å². The molecule has 0 N–H and O–H groups in total. The highest BCUT2D eigenvalue weighted by Crippen LogP contribution is 2.39. The van der Waals surface area contributed by atoms with Crippen molar-refractivity contribution in [2.45, 2.75) is 52.6 Å². The standard InChI is InChI=1S/C29H30O4/c1-5-18-17-19-11-7-8-12-20(19)26(30)21(18)15-16-24-25(29(3,4)33-6-2)28(32)23-14-10-9-13-22(23)27(24)31/h7-14,17,21H,5-6,15-16H2,1-4H3. The first-order valence-corrected chi connectivity index (χ1v) is 11.7. The number of benzene rings is 2. The lowest BCUT2D eigenvalue weighted by atomic mass is 9.73. The molecule has 1 atom stereocenters. The van der Waals surface area contributed by atoms with Crippen molar-refractivity contribution in [3.8, 4) is 0 Å². The maximum atomic E-state index is 13.6. The van der Waals surface area contributed by atoms with Crippen LogP contribution in [0.15, 0.2) is 65.3 Å². The summed E-state index contributed by atoms with van der Waals surface area (Å²) < 4.78 is 5.93. The average Bonchev–Trinajstić information content (AvgIpc) is 2.81. The monoisotopic (exact) mass is 442 g/mol. The highest BCUT2D eigenvalue weighted by atomic mass is 16.5. The minimum Gasteiger partial charge on any atom is -0.371 e. The summed E-state index contributed by atoms with van der Waals surface area (Å²) in [5.74, 6) is -0.510. The van der Waals surface area contributed by atoms with E-state index in [1.807, 2.05) is 45.0 Å². The van der Waals surface area contributed by atoms with Crippen LogP contribution in [-0.2, 0) is 4.74 Å². The van der Waals surface area contributed by atoms with Crippen LogP contribution in [0.4, 0.5) is 0 Å². The third kappa shape index (κ3) is 4.04. The average molecular weight is 443 g/mol. The Morgan fingerprint density at radius 2 is 1.45 bits per heavy atom. The number of carbonyl (C=O) groups excluding carboxylic acids is 3. The van der Waals surface area contributed by atoms with E-state index in [1.54, 1.807) is 24.3 Å². The number of hydrogen-bond acceptors (Lipinski definition) is 4. The van der Waals surface area contributed by atoms with Gasteiger partial charge in [0, 0.05) is 40.4 Å². The van der Waals surface area contributed by atoms with Crippen LogP contribution in [0.1, 0.15) is 83.6 Å². The molecule has 0 saturated heterocycles. The normalized spacial score (nSPS) is 18.2. The van der Waals surface area contributed by atoms with E-state index in [0.717, 1.165) is 23.1 Å². The number of Topliss-reactive ketones (excluding diaryl/α,β-unsaturated/α-hetero) is 3. The Labute approximate surface area is 195 Å². The van der Waals surface area contributed by atoms with Crippen molar-refractivity contribution in [1.82, 2.24) is 0 Å². The van der Waals surface area contributed by atoms with Crippen molar-refractivity contribution in [1.29, 1.82) is 0 Å². The number of rotatable bonds is 7. The van der Waals surface area contributed by atoms with Crippen molar-refractivity contribution < 1.29 is 19.1 Å². The van der Waals surface area contributed by atoms with Gasteiger partial charge in [-0.1, -0.05) is 67.1 Å². The molecular weight excluding hydrogens is 412 g/mol. The molecule has 0 radical (unpaired) electrons. The second kappa shape index (κ2) is 9.03. The molecule has 4 heteroatoms. The summed E-state index contributed by atoms with van der Waals surface area (Å²) in [6, 6.07) is 14.6. The number of hydrogen-bond donors (Lipinski definition) is 0. The zero-order chi connectivity index (χ0) is 23.8. The van der Waals surface area contributed by atoms with Crippen molar-refractivity contribution in [2.75, 3.05) is 6.61 Å². The SMILES string of the molecule is CCOC(C)(C)C1=C(CCC2C(=O)c3ccccc3C=C2CC)C(=O)c2ccccc2C1=O. The second-order valence-electron chi connectivity index (χ2n) is 9.12. The van der Waals surface area contributed by atoms with Gasteiger partial charge in [-0.05, 0) is 45.6 Å². The molecule has 2 aromatic carbocycles. The Bertz CT molecular complexity index is 1200. The molecule has 4 nitrogen and oxygen atoms in total. The Hall–Kier alpha value is -3.11. The lowest BCUT2D eigenvalue weighted by Gasteiger charge is -2.33. The van der Waals surface area contributed by atoms with Crippen LogP contribution >= 0.6 is 0 Å². The van der Waals surface area contributed by atoms with Gasteiger partial charge in [-0.25, -0.2) is 0 Å². The Kier molecular flexibility index (Phi) is 6.31. The fourth-order valence-electron chi connectivity index (χ4n) is 5.19. The van der Waals surface area contributed by atoms with E-state index in [2.05, 4.69) is 13.0 Å². The van der Waals surface area contributed by atoms with Gasteiger partial charge in [0.1, 0.15) is 0 Å². The minimum absolute atomic E-state index is 0.0890. The summed E-state index contributed by atoms with van der Waals surface area (Å²) >= 11 is 0. The molecule has 0 aliphatic heterocycles. The summed E-state index contributed by atoms with van der Waals surface area (Å²) in [4.78, 5) is 40.4. The number of carbonyl (C=O) groups is 3. The Morgan fingerprint density at radius 3 is 2.09 bits per heavy atom. The molecule has 2 aliphatic rings. The highest BCUT2D eigenvalue weighted by Gasteiger charge is 2.40. The lowest BCUT2D eigenvalue weighted by molar-refractivity contribution is 0.0169. The van der Waals surface area contributed by atoms with Gasteiger partial charge in [0.15, 0.2) is 17.3 Å². The number of ether oxygens (including phenoxy) is 1. The molecule has 0 bridgehead atoms. The van der Waals surface area contributed by atoms with E-state index < -0.39 is 5.60 Å². The van der Waals surface area contributed by atoms with Gasteiger partial charge in [-0.2, -0.15) is 0 Å². The largest absolute Gasteiger partial charge is 0.371 e. The molecule has 170 valence electrons. The molecule has 0 amide bonds. The molecular formula is C29H30O4. The molecule has 0 aromatic heterocycles. The Morgan fingerprint density at radius 1 is 0.848 bits per heavy atom. The number of allylic oxidation sites excluding steroid dienone is 2.